The van der Waals surface area contributed by atoms with Crippen molar-refractivity contribution in [2.45, 2.75) is 6.18 Å². The third-order valence-corrected chi connectivity index (χ3v) is 2.41. The summed E-state index contributed by atoms with van der Waals surface area (Å²) in [5, 5.41) is 0. The van der Waals surface area contributed by atoms with Gasteiger partial charge in [-0.25, -0.2) is 9.97 Å². The third kappa shape index (κ3) is 2.70. The normalized spacial score (nSPS) is 11.3. The average molecular weight is 267 g/mol. The Balaban J connectivity index is 2.50. The molecule has 2 rings (SSSR count). The lowest BCUT2D eigenvalue weighted by molar-refractivity contribution is -0.137. The number of nitrogens with zero attached hydrogens (tertiary/aromatic N) is 2. The van der Waals surface area contributed by atoms with Gasteiger partial charge >= 0.3 is 6.18 Å². The molecule has 1 heterocycles. The largest absolute Gasteiger partial charge is 0.417 e. The molecular formula is C12H8F3N3O. The van der Waals surface area contributed by atoms with Gasteiger partial charge in [0.25, 0.3) is 5.91 Å². The molecule has 0 saturated heterocycles. The van der Waals surface area contributed by atoms with Crippen molar-refractivity contribution in [2.75, 3.05) is 0 Å². The predicted octanol–water partition coefficient (Wildman–Crippen LogP) is 2.26. The van der Waals surface area contributed by atoms with E-state index in [0.29, 0.717) is 0 Å². The summed E-state index contributed by atoms with van der Waals surface area (Å²) >= 11 is 0. The Morgan fingerprint density at radius 3 is 2.21 bits per heavy atom. The van der Waals surface area contributed by atoms with Crippen LogP contribution in [0.1, 0.15) is 15.9 Å². The Hall–Kier alpha value is -2.44. The van der Waals surface area contributed by atoms with Gasteiger partial charge < -0.3 is 5.73 Å². The zero-order valence-corrected chi connectivity index (χ0v) is 9.48. The maximum atomic E-state index is 12.8. The van der Waals surface area contributed by atoms with Crippen molar-refractivity contribution >= 4 is 5.91 Å². The van der Waals surface area contributed by atoms with Gasteiger partial charge in [-0.05, 0) is 6.07 Å². The first-order valence-electron chi connectivity index (χ1n) is 5.18. The number of nitrogens with two attached hydrogens (primary N) is 1. The van der Waals surface area contributed by atoms with E-state index in [1.165, 1.54) is 18.2 Å². The van der Waals surface area contributed by atoms with Crippen molar-refractivity contribution in [2.24, 2.45) is 5.73 Å². The summed E-state index contributed by atoms with van der Waals surface area (Å²) in [6.45, 7) is 0. The Kier molecular flexibility index (Phi) is 3.20. The van der Waals surface area contributed by atoms with Crippen LogP contribution in [0.4, 0.5) is 13.2 Å². The van der Waals surface area contributed by atoms with Crippen molar-refractivity contribution < 1.29 is 18.0 Å². The molecular weight excluding hydrogens is 259 g/mol. The van der Waals surface area contributed by atoms with Crippen LogP contribution >= 0.6 is 0 Å². The molecule has 7 heteroatoms. The molecule has 1 aromatic carbocycles. The lowest BCUT2D eigenvalue weighted by Gasteiger charge is -2.11. The summed E-state index contributed by atoms with van der Waals surface area (Å²) in [6.07, 6.45) is -2.31. The number of carbonyl (C=O) groups excluding carboxylic acids is 1. The zero-order valence-electron chi connectivity index (χ0n) is 9.48. The molecule has 0 aliphatic heterocycles. The number of carbonyl (C=O) groups is 1. The number of amides is 1. The molecule has 1 aromatic heterocycles. The molecule has 0 radical (unpaired) electrons. The van der Waals surface area contributed by atoms with Crippen LogP contribution in [-0.2, 0) is 6.18 Å². The summed E-state index contributed by atoms with van der Waals surface area (Å²) in [7, 11) is 0. The van der Waals surface area contributed by atoms with Crippen LogP contribution in [0.25, 0.3) is 11.4 Å². The van der Waals surface area contributed by atoms with Gasteiger partial charge in [0.1, 0.15) is 0 Å². The molecule has 0 aliphatic carbocycles. The Bertz CT molecular complexity index is 608. The highest BCUT2D eigenvalue weighted by molar-refractivity contribution is 5.92. The molecule has 19 heavy (non-hydrogen) atoms. The number of rotatable bonds is 2. The second-order valence-corrected chi connectivity index (χ2v) is 3.70. The van der Waals surface area contributed by atoms with E-state index in [-0.39, 0.29) is 17.0 Å². The summed E-state index contributed by atoms with van der Waals surface area (Å²) in [6, 6.07) is 4.95. The van der Waals surface area contributed by atoms with Crippen LogP contribution in [0.15, 0.2) is 36.7 Å². The number of alkyl halides is 3. The summed E-state index contributed by atoms with van der Waals surface area (Å²) < 4.78 is 38.4. The molecule has 0 saturated carbocycles. The molecule has 0 aliphatic rings. The highest BCUT2D eigenvalue weighted by Gasteiger charge is 2.33. The highest BCUT2D eigenvalue weighted by Crippen LogP contribution is 2.35. The van der Waals surface area contributed by atoms with E-state index in [4.69, 9.17) is 5.73 Å². The SMILES string of the molecule is NC(=O)c1cnc(-c2ccccc2C(F)(F)F)nc1. The van der Waals surface area contributed by atoms with Gasteiger partial charge in [-0.3, -0.25) is 4.79 Å². The molecule has 2 N–H and O–H groups in total. The zero-order chi connectivity index (χ0) is 14.0. The van der Waals surface area contributed by atoms with Gasteiger partial charge in [0, 0.05) is 18.0 Å². The summed E-state index contributed by atoms with van der Waals surface area (Å²) in [5.41, 5.74) is 4.06. The molecule has 2 aromatic rings. The van der Waals surface area contributed by atoms with E-state index in [0.717, 1.165) is 18.5 Å². The fraction of sp³-hybridized carbons (Fsp3) is 0.0833. The minimum atomic E-state index is -4.50. The second-order valence-electron chi connectivity index (χ2n) is 3.70. The monoisotopic (exact) mass is 267 g/mol. The first-order chi connectivity index (χ1) is 8.89. The van der Waals surface area contributed by atoms with Crippen LogP contribution in [0.2, 0.25) is 0 Å². The number of primary amides is 1. The number of hydrogen-bond acceptors (Lipinski definition) is 3. The third-order valence-electron chi connectivity index (χ3n) is 2.41. The molecule has 98 valence electrons. The molecule has 0 fully saturated rings. The van der Waals surface area contributed by atoms with E-state index in [1.807, 2.05) is 0 Å². The van der Waals surface area contributed by atoms with Gasteiger partial charge in [-0.15, -0.1) is 0 Å². The Morgan fingerprint density at radius 1 is 1.11 bits per heavy atom. The maximum Gasteiger partial charge on any atom is 0.417 e. The van der Waals surface area contributed by atoms with Crippen molar-refractivity contribution in [3.63, 3.8) is 0 Å². The van der Waals surface area contributed by atoms with Crippen LogP contribution < -0.4 is 5.73 Å². The minimum absolute atomic E-state index is 0.0354. The van der Waals surface area contributed by atoms with E-state index in [9.17, 15) is 18.0 Å². The summed E-state index contributed by atoms with van der Waals surface area (Å²) in [4.78, 5) is 18.3. The van der Waals surface area contributed by atoms with E-state index < -0.39 is 17.6 Å². The number of hydrogen-bond donors (Lipinski definition) is 1. The maximum absolute atomic E-state index is 12.8. The smallest absolute Gasteiger partial charge is 0.366 e. The van der Waals surface area contributed by atoms with Crippen LogP contribution in [0, 0.1) is 0 Å². The van der Waals surface area contributed by atoms with Crippen molar-refractivity contribution in [3.8, 4) is 11.4 Å². The number of halogens is 3. The standard InChI is InChI=1S/C12H8F3N3O/c13-12(14,15)9-4-2-1-3-8(9)11-17-5-7(6-18-11)10(16)19/h1-6H,(H2,16,19). The minimum Gasteiger partial charge on any atom is -0.366 e. The fourth-order valence-electron chi connectivity index (χ4n) is 1.52. The van der Waals surface area contributed by atoms with E-state index in [2.05, 4.69) is 9.97 Å². The second kappa shape index (κ2) is 4.68. The number of aromatic nitrogens is 2. The predicted molar refractivity (Wildman–Crippen MR) is 61.0 cm³/mol. The quantitative estimate of drug-likeness (QED) is 0.907. The van der Waals surface area contributed by atoms with Crippen LogP contribution in [-0.4, -0.2) is 15.9 Å². The van der Waals surface area contributed by atoms with Crippen LogP contribution in [0.5, 0.6) is 0 Å². The Labute approximate surface area is 106 Å². The van der Waals surface area contributed by atoms with Gasteiger partial charge in [0.2, 0.25) is 0 Å². The lowest BCUT2D eigenvalue weighted by atomic mass is 10.1. The molecule has 0 unspecified atom stereocenters. The molecule has 0 spiro atoms. The lowest BCUT2D eigenvalue weighted by Crippen LogP contribution is -2.12. The molecule has 4 nitrogen and oxygen atoms in total. The van der Waals surface area contributed by atoms with Crippen molar-refractivity contribution in [1.82, 2.24) is 9.97 Å². The average Bonchev–Trinajstić information content (AvgIpc) is 2.38. The van der Waals surface area contributed by atoms with E-state index in [1.54, 1.807) is 0 Å². The molecule has 1 amide bonds. The first kappa shape index (κ1) is 13.0. The van der Waals surface area contributed by atoms with E-state index >= 15 is 0 Å². The molecule has 0 bridgehead atoms. The van der Waals surface area contributed by atoms with Gasteiger partial charge in [0.15, 0.2) is 5.82 Å². The topological polar surface area (TPSA) is 68.9 Å². The molecule has 0 atom stereocenters. The summed E-state index contributed by atoms with van der Waals surface area (Å²) in [5.74, 6) is -0.853. The van der Waals surface area contributed by atoms with Gasteiger partial charge in [-0.1, -0.05) is 18.2 Å². The van der Waals surface area contributed by atoms with Gasteiger partial charge in [-0.2, -0.15) is 13.2 Å². The first-order valence-corrected chi connectivity index (χ1v) is 5.18. The van der Waals surface area contributed by atoms with Gasteiger partial charge in [0.05, 0.1) is 11.1 Å². The van der Waals surface area contributed by atoms with Crippen molar-refractivity contribution in [1.29, 1.82) is 0 Å². The number of benzene rings is 1. The van der Waals surface area contributed by atoms with Crippen molar-refractivity contribution in [3.05, 3.63) is 47.8 Å². The fourth-order valence-corrected chi connectivity index (χ4v) is 1.52. The highest BCUT2D eigenvalue weighted by atomic mass is 19.4. The Morgan fingerprint density at radius 2 is 1.68 bits per heavy atom. The van der Waals surface area contributed by atoms with Crippen LogP contribution in [0.3, 0.4) is 0 Å².